The summed E-state index contributed by atoms with van der Waals surface area (Å²) in [6.07, 6.45) is 1.22. The maximum atomic E-state index is 12.4. The number of rotatable bonds is 4. The van der Waals surface area contributed by atoms with Crippen LogP contribution in [0, 0.1) is 11.3 Å². The first-order chi connectivity index (χ1) is 14.6. The molecule has 0 saturated carbocycles. The van der Waals surface area contributed by atoms with Crippen LogP contribution in [0.2, 0.25) is 0 Å². The molecule has 10 heteroatoms. The lowest BCUT2D eigenvalue weighted by molar-refractivity contribution is 0.123. The molecule has 3 aliphatic rings. The Kier molecular flexibility index (Phi) is 4.24. The average Bonchev–Trinajstić information content (AvgIpc) is 3.46. The Hall–Kier alpha value is -3.74. The molecular weight excluding hydrogens is 388 g/mol. The van der Waals surface area contributed by atoms with E-state index in [-0.39, 0.29) is 19.1 Å². The minimum absolute atomic E-state index is 0.149. The quantitative estimate of drug-likeness (QED) is 0.816. The molecule has 4 heterocycles. The molecule has 0 aliphatic carbocycles. The fourth-order valence-electron chi connectivity index (χ4n) is 4.44. The van der Waals surface area contributed by atoms with Gasteiger partial charge in [0.25, 0.3) is 0 Å². The smallest absolute Gasteiger partial charge is 0.415 e. The molecular formula is C20H20N6O4. The zero-order chi connectivity index (χ0) is 20.8. The highest BCUT2D eigenvalue weighted by Crippen LogP contribution is 2.41. The minimum atomic E-state index is -0.549. The summed E-state index contributed by atoms with van der Waals surface area (Å²) in [5, 5.41) is 15.9. The molecule has 0 spiro atoms. The minimum Gasteiger partial charge on any atom is -0.453 e. The summed E-state index contributed by atoms with van der Waals surface area (Å²) in [6.45, 7) is 1.89. The number of carbonyl (C=O) groups is 2. The van der Waals surface area contributed by atoms with E-state index in [9.17, 15) is 9.59 Å². The van der Waals surface area contributed by atoms with Gasteiger partial charge in [-0.25, -0.2) is 9.59 Å². The van der Waals surface area contributed by atoms with Crippen LogP contribution in [0.5, 0.6) is 0 Å². The van der Waals surface area contributed by atoms with E-state index in [1.54, 1.807) is 9.58 Å². The lowest BCUT2D eigenvalue weighted by Gasteiger charge is -2.19. The third kappa shape index (κ3) is 2.90. The summed E-state index contributed by atoms with van der Waals surface area (Å²) >= 11 is 0. The predicted octanol–water partition coefficient (Wildman–Crippen LogP) is 1.53. The molecule has 2 amide bonds. The number of aromatic nitrogens is 2. The molecule has 1 N–H and O–H groups in total. The van der Waals surface area contributed by atoms with Gasteiger partial charge in [0, 0.05) is 24.0 Å². The van der Waals surface area contributed by atoms with Gasteiger partial charge in [0.2, 0.25) is 0 Å². The van der Waals surface area contributed by atoms with Crippen molar-refractivity contribution >= 4 is 23.6 Å². The van der Waals surface area contributed by atoms with Gasteiger partial charge in [0.05, 0.1) is 43.7 Å². The second-order valence-electron chi connectivity index (χ2n) is 7.56. The Labute approximate surface area is 172 Å². The number of carbonyl (C=O) groups excluding carboxylic acids is 2. The molecule has 3 aliphatic heterocycles. The van der Waals surface area contributed by atoms with Gasteiger partial charge in [-0.05, 0) is 30.2 Å². The molecule has 1 aromatic heterocycles. The third-order valence-electron chi connectivity index (χ3n) is 5.82. The number of anilines is 2. The van der Waals surface area contributed by atoms with E-state index < -0.39 is 18.3 Å². The number of hydrogen-bond acceptors (Lipinski definition) is 7. The molecule has 5 rings (SSSR count). The van der Waals surface area contributed by atoms with Crippen LogP contribution in [0.1, 0.15) is 16.8 Å². The second kappa shape index (κ2) is 6.95. The Morgan fingerprint density at radius 3 is 3.03 bits per heavy atom. The molecule has 1 fully saturated rings. The average molecular weight is 408 g/mol. The van der Waals surface area contributed by atoms with Gasteiger partial charge in [0.1, 0.15) is 12.6 Å². The first-order valence-electron chi connectivity index (χ1n) is 9.69. The van der Waals surface area contributed by atoms with Gasteiger partial charge in [-0.1, -0.05) is 0 Å². The number of nitrogens with zero attached hydrogens (tertiary/aromatic N) is 5. The Morgan fingerprint density at radius 2 is 2.27 bits per heavy atom. The maximum Gasteiger partial charge on any atom is 0.415 e. The highest BCUT2D eigenvalue weighted by molar-refractivity contribution is 5.94. The summed E-state index contributed by atoms with van der Waals surface area (Å²) in [6, 6.07) is 8.02. The number of methoxy groups -OCH3 is 1. The summed E-state index contributed by atoms with van der Waals surface area (Å²) in [5.41, 5.74) is 5.12. The number of cyclic esters (lactones) is 1. The van der Waals surface area contributed by atoms with Crippen molar-refractivity contribution in [2.45, 2.75) is 38.2 Å². The number of nitrogens with one attached hydrogen (secondary N) is 1. The lowest BCUT2D eigenvalue weighted by atomic mass is 10.0. The first kappa shape index (κ1) is 18.3. The van der Waals surface area contributed by atoms with Gasteiger partial charge in [0.15, 0.2) is 0 Å². The third-order valence-corrected chi connectivity index (χ3v) is 5.82. The van der Waals surface area contributed by atoms with Crippen LogP contribution < -0.4 is 15.1 Å². The van der Waals surface area contributed by atoms with E-state index in [0.29, 0.717) is 13.0 Å². The number of nitriles is 1. The molecule has 1 saturated heterocycles. The number of amides is 2. The fourth-order valence-corrected chi connectivity index (χ4v) is 4.44. The SMILES string of the molecule is COC(=O)NC[C@@H]1OC(=O)N2c3ccc(N4Cc5cn(CC#N)nc5C4)cc3CC12. The van der Waals surface area contributed by atoms with Crippen molar-refractivity contribution in [3.05, 3.63) is 41.2 Å². The lowest BCUT2D eigenvalue weighted by Crippen LogP contribution is -2.40. The summed E-state index contributed by atoms with van der Waals surface area (Å²) < 4.78 is 11.7. The van der Waals surface area contributed by atoms with Crippen molar-refractivity contribution in [1.29, 1.82) is 5.26 Å². The van der Waals surface area contributed by atoms with E-state index in [0.717, 1.165) is 34.7 Å². The number of ether oxygens (including phenoxy) is 2. The number of fused-ring (bicyclic) bond motifs is 4. The Balaban J connectivity index is 1.31. The zero-order valence-corrected chi connectivity index (χ0v) is 16.4. The zero-order valence-electron chi connectivity index (χ0n) is 16.4. The van der Waals surface area contributed by atoms with Crippen molar-refractivity contribution in [2.24, 2.45) is 0 Å². The van der Waals surface area contributed by atoms with Crippen LogP contribution in [-0.4, -0.2) is 47.8 Å². The molecule has 0 radical (unpaired) electrons. The summed E-state index contributed by atoms with van der Waals surface area (Å²) in [4.78, 5) is 27.7. The van der Waals surface area contributed by atoms with Gasteiger partial charge in [-0.2, -0.15) is 10.4 Å². The van der Waals surface area contributed by atoms with Crippen LogP contribution >= 0.6 is 0 Å². The van der Waals surface area contributed by atoms with Crippen LogP contribution in [0.4, 0.5) is 21.0 Å². The molecule has 0 bridgehead atoms. The van der Waals surface area contributed by atoms with Gasteiger partial charge in [-0.3, -0.25) is 9.58 Å². The van der Waals surface area contributed by atoms with E-state index in [1.807, 2.05) is 18.3 Å². The van der Waals surface area contributed by atoms with E-state index in [2.05, 4.69) is 32.2 Å². The van der Waals surface area contributed by atoms with Gasteiger partial charge in [-0.15, -0.1) is 0 Å². The number of alkyl carbamates (subject to hydrolysis) is 1. The van der Waals surface area contributed by atoms with Gasteiger partial charge >= 0.3 is 12.2 Å². The highest BCUT2D eigenvalue weighted by atomic mass is 16.6. The van der Waals surface area contributed by atoms with E-state index in [4.69, 9.17) is 10.00 Å². The van der Waals surface area contributed by atoms with E-state index in [1.165, 1.54) is 7.11 Å². The van der Waals surface area contributed by atoms with Crippen molar-refractivity contribution < 1.29 is 19.1 Å². The summed E-state index contributed by atoms with van der Waals surface area (Å²) in [7, 11) is 1.30. The molecule has 30 heavy (non-hydrogen) atoms. The number of hydrogen-bond donors (Lipinski definition) is 1. The number of benzene rings is 1. The van der Waals surface area contributed by atoms with Crippen LogP contribution in [0.25, 0.3) is 0 Å². The van der Waals surface area contributed by atoms with Crippen molar-refractivity contribution in [1.82, 2.24) is 15.1 Å². The Bertz CT molecular complexity index is 1050. The van der Waals surface area contributed by atoms with Crippen molar-refractivity contribution in [3.8, 4) is 6.07 Å². The maximum absolute atomic E-state index is 12.4. The van der Waals surface area contributed by atoms with Crippen LogP contribution in [0.15, 0.2) is 24.4 Å². The molecule has 1 unspecified atom stereocenters. The normalized spacial score (nSPS) is 21.0. The largest absolute Gasteiger partial charge is 0.453 e. The van der Waals surface area contributed by atoms with Crippen molar-refractivity contribution in [3.63, 3.8) is 0 Å². The molecule has 154 valence electrons. The van der Waals surface area contributed by atoms with Crippen molar-refractivity contribution in [2.75, 3.05) is 23.5 Å². The molecule has 1 aromatic carbocycles. The highest BCUT2D eigenvalue weighted by Gasteiger charge is 2.47. The standard InChI is InChI=1S/C20H20N6O4/c1-29-19(27)22-8-18-17-7-12-6-14(2-3-16(12)26(17)20(28)30-18)24-9-13-10-25(5-4-21)23-15(13)11-24/h2-3,6,10,17-18H,5,7-9,11H2,1H3,(H,22,27)/t17?,18-/m0/s1. The van der Waals surface area contributed by atoms with E-state index >= 15 is 0 Å². The first-order valence-corrected chi connectivity index (χ1v) is 9.69. The topological polar surface area (TPSA) is 113 Å². The summed E-state index contributed by atoms with van der Waals surface area (Å²) in [5.74, 6) is 0. The second-order valence-corrected chi connectivity index (χ2v) is 7.56. The fraction of sp³-hybridized carbons (Fsp3) is 0.400. The molecule has 2 atom stereocenters. The van der Waals surface area contributed by atoms with Crippen LogP contribution in [0.3, 0.4) is 0 Å². The predicted molar refractivity (Wildman–Crippen MR) is 105 cm³/mol. The molecule has 10 nitrogen and oxygen atoms in total. The van der Waals surface area contributed by atoms with Crippen LogP contribution in [-0.2, 0) is 35.5 Å². The monoisotopic (exact) mass is 408 g/mol. The Morgan fingerprint density at radius 1 is 1.40 bits per heavy atom. The van der Waals surface area contributed by atoms with Gasteiger partial charge < -0.3 is 19.7 Å². The molecule has 2 aromatic rings.